The zero-order valence-electron chi connectivity index (χ0n) is 11.1. The zero-order chi connectivity index (χ0) is 15.7. The predicted octanol–water partition coefficient (Wildman–Crippen LogP) is 4.13. The molecule has 0 radical (unpaired) electrons. The van der Waals surface area contributed by atoms with E-state index < -0.39 is 11.8 Å². The van der Waals surface area contributed by atoms with Crippen LogP contribution in [0, 0.1) is 5.82 Å². The maximum atomic E-state index is 13.3. The highest BCUT2D eigenvalue weighted by atomic mass is 19.1. The average molecular weight is 299 g/mol. The Labute approximate surface area is 123 Å². The average Bonchev–Trinajstić information content (AvgIpc) is 2.80. The summed E-state index contributed by atoms with van der Waals surface area (Å²) in [5.74, 6) is -1.77. The van der Waals surface area contributed by atoms with Crippen LogP contribution in [0.25, 0.3) is 10.9 Å². The molecule has 0 fully saturated rings. The summed E-state index contributed by atoms with van der Waals surface area (Å²) < 4.78 is 13.3. The first-order chi connectivity index (χ1) is 10.5. The molecule has 0 bridgehead atoms. The van der Waals surface area contributed by atoms with Gasteiger partial charge < -0.3 is 15.2 Å². The minimum atomic E-state index is -1.07. The van der Waals surface area contributed by atoms with Crippen molar-refractivity contribution in [2.75, 3.05) is 0 Å². The molecule has 3 rings (SSSR count). The fourth-order valence-electron chi connectivity index (χ4n) is 2.05. The molecule has 0 amide bonds. The number of carbonyl (C=O) groups is 1. The van der Waals surface area contributed by atoms with Crippen molar-refractivity contribution in [3.05, 3.63) is 53.8 Å². The van der Waals surface area contributed by atoms with Gasteiger partial charge in [0.05, 0.1) is 16.8 Å². The SMILES string of the molecule is O=C(O)c1cccc(N=Nc2c(O)[nH]c3ccc(F)cc23)c1. The molecule has 2 aromatic carbocycles. The lowest BCUT2D eigenvalue weighted by Crippen LogP contribution is -1.94. The van der Waals surface area contributed by atoms with Crippen LogP contribution in [0.2, 0.25) is 0 Å². The number of benzene rings is 2. The van der Waals surface area contributed by atoms with Gasteiger partial charge in [-0.15, -0.1) is 5.11 Å². The number of aromatic carboxylic acids is 1. The molecule has 0 saturated carbocycles. The molecule has 0 atom stereocenters. The molecule has 7 heteroatoms. The van der Waals surface area contributed by atoms with Crippen LogP contribution in [-0.2, 0) is 0 Å². The smallest absolute Gasteiger partial charge is 0.335 e. The normalized spacial score (nSPS) is 11.3. The molecule has 0 aliphatic carbocycles. The van der Waals surface area contributed by atoms with Crippen molar-refractivity contribution < 1.29 is 19.4 Å². The topological polar surface area (TPSA) is 98.0 Å². The first-order valence-corrected chi connectivity index (χ1v) is 6.30. The van der Waals surface area contributed by atoms with Gasteiger partial charge in [0.2, 0.25) is 5.88 Å². The van der Waals surface area contributed by atoms with Crippen molar-refractivity contribution in [2.24, 2.45) is 10.2 Å². The Bertz CT molecular complexity index is 902. The van der Waals surface area contributed by atoms with E-state index in [1.165, 1.54) is 36.4 Å². The fraction of sp³-hybridized carbons (Fsp3) is 0. The van der Waals surface area contributed by atoms with Crippen molar-refractivity contribution in [1.29, 1.82) is 0 Å². The van der Waals surface area contributed by atoms with Crippen molar-refractivity contribution in [3.63, 3.8) is 0 Å². The maximum absolute atomic E-state index is 13.3. The number of nitrogens with one attached hydrogen (secondary N) is 1. The third kappa shape index (κ3) is 2.51. The van der Waals surface area contributed by atoms with E-state index in [0.717, 1.165) is 0 Å². The minimum absolute atomic E-state index is 0.0747. The van der Waals surface area contributed by atoms with Gasteiger partial charge in [0.1, 0.15) is 5.82 Å². The summed E-state index contributed by atoms with van der Waals surface area (Å²) in [6.45, 7) is 0. The Balaban J connectivity index is 2.02. The summed E-state index contributed by atoms with van der Waals surface area (Å²) >= 11 is 0. The summed E-state index contributed by atoms with van der Waals surface area (Å²) in [5, 5.41) is 26.9. The number of carboxylic acids is 1. The molecule has 6 nitrogen and oxygen atoms in total. The number of halogens is 1. The quantitative estimate of drug-likeness (QED) is 0.634. The summed E-state index contributed by atoms with van der Waals surface area (Å²) in [5.41, 5.74) is 0.998. The van der Waals surface area contributed by atoms with E-state index >= 15 is 0 Å². The van der Waals surface area contributed by atoms with Gasteiger partial charge in [-0.3, -0.25) is 0 Å². The number of aromatic nitrogens is 1. The Morgan fingerprint density at radius 2 is 1.95 bits per heavy atom. The van der Waals surface area contributed by atoms with Crippen molar-refractivity contribution in [2.45, 2.75) is 0 Å². The number of aromatic amines is 1. The highest BCUT2D eigenvalue weighted by Gasteiger charge is 2.11. The molecule has 0 aliphatic rings. The first kappa shape index (κ1) is 13.7. The number of hydrogen-bond acceptors (Lipinski definition) is 4. The maximum Gasteiger partial charge on any atom is 0.335 e. The standard InChI is InChI=1S/C15H10FN3O3/c16-9-4-5-12-11(7-9)13(14(20)17-12)19-18-10-3-1-2-8(6-10)15(21)22/h1-7,17,20H,(H,21,22). The van der Waals surface area contributed by atoms with Crippen LogP contribution in [0.15, 0.2) is 52.7 Å². The van der Waals surface area contributed by atoms with E-state index in [-0.39, 0.29) is 17.1 Å². The van der Waals surface area contributed by atoms with E-state index in [9.17, 15) is 14.3 Å². The van der Waals surface area contributed by atoms with Gasteiger partial charge in [0.15, 0.2) is 5.69 Å². The summed E-state index contributed by atoms with van der Waals surface area (Å²) in [6.07, 6.45) is 0. The van der Waals surface area contributed by atoms with Crippen LogP contribution < -0.4 is 0 Å². The molecule has 1 heterocycles. The number of aromatic hydroxyl groups is 1. The van der Waals surface area contributed by atoms with Crippen LogP contribution in [-0.4, -0.2) is 21.2 Å². The molecule has 3 aromatic rings. The summed E-state index contributed by atoms with van der Waals surface area (Å²) in [7, 11) is 0. The number of H-pyrrole nitrogens is 1. The predicted molar refractivity (Wildman–Crippen MR) is 77.5 cm³/mol. The van der Waals surface area contributed by atoms with Crippen LogP contribution >= 0.6 is 0 Å². The lowest BCUT2D eigenvalue weighted by molar-refractivity contribution is 0.0697. The molecule has 22 heavy (non-hydrogen) atoms. The number of nitrogens with zero attached hydrogens (tertiary/aromatic N) is 2. The molecule has 0 spiro atoms. The molecular formula is C15H10FN3O3. The van der Waals surface area contributed by atoms with E-state index in [1.54, 1.807) is 6.07 Å². The highest BCUT2D eigenvalue weighted by molar-refractivity contribution is 5.94. The molecule has 0 saturated heterocycles. The largest absolute Gasteiger partial charge is 0.493 e. The van der Waals surface area contributed by atoms with Crippen LogP contribution in [0.5, 0.6) is 5.88 Å². The van der Waals surface area contributed by atoms with Gasteiger partial charge in [0.25, 0.3) is 0 Å². The van der Waals surface area contributed by atoms with E-state index in [2.05, 4.69) is 15.2 Å². The Hall–Kier alpha value is -3.22. The molecule has 0 unspecified atom stereocenters. The van der Waals surface area contributed by atoms with Crippen molar-refractivity contribution >= 4 is 28.2 Å². The van der Waals surface area contributed by atoms with E-state index in [1.807, 2.05) is 0 Å². The number of hydrogen-bond donors (Lipinski definition) is 3. The summed E-state index contributed by atoms with van der Waals surface area (Å²) in [6, 6.07) is 9.85. The van der Waals surface area contributed by atoms with Crippen LogP contribution in [0.3, 0.4) is 0 Å². The lowest BCUT2D eigenvalue weighted by Gasteiger charge is -1.96. The third-order valence-corrected chi connectivity index (χ3v) is 3.07. The fourth-order valence-corrected chi connectivity index (χ4v) is 2.05. The molecule has 3 N–H and O–H groups in total. The van der Waals surface area contributed by atoms with Gasteiger partial charge in [-0.25, -0.2) is 9.18 Å². The van der Waals surface area contributed by atoms with Gasteiger partial charge in [0, 0.05) is 5.39 Å². The zero-order valence-corrected chi connectivity index (χ0v) is 11.1. The minimum Gasteiger partial charge on any atom is -0.493 e. The Morgan fingerprint density at radius 3 is 2.73 bits per heavy atom. The van der Waals surface area contributed by atoms with Crippen LogP contribution in [0.1, 0.15) is 10.4 Å². The second-order valence-electron chi connectivity index (χ2n) is 4.57. The van der Waals surface area contributed by atoms with E-state index in [4.69, 9.17) is 5.11 Å². The Kier molecular flexibility index (Phi) is 3.30. The molecular weight excluding hydrogens is 289 g/mol. The second kappa shape index (κ2) is 5.28. The summed E-state index contributed by atoms with van der Waals surface area (Å²) in [4.78, 5) is 13.6. The molecule has 110 valence electrons. The monoisotopic (exact) mass is 299 g/mol. The van der Waals surface area contributed by atoms with E-state index in [0.29, 0.717) is 16.6 Å². The number of carboxylic acid groups (broad SMARTS) is 1. The third-order valence-electron chi connectivity index (χ3n) is 3.07. The number of rotatable bonds is 3. The number of azo groups is 1. The first-order valence-electron chi connectivity index (χ1n) is 6.30. The Morgan fingerprint density at radius 1 is 1.14 bits per heavy atom. The molecule has 0 aliphatic heterocycles. The highest BCUT2D eigenvalue weighted by Crippen LogP contribution is 2.36. The van der Waals surface area contributed by atoms with Gasteiger partial charge in [-0.2, -0.15) is 5.11 Å². The van der Waals surface area contributed by atoms with Crippen molar-refractivity contribution in [1.82, 2.24) is 4.98 Å². The second-order valence-corrected chi connectivity index (χ2v) is 4.57. The van der Waals surface area contributed by atoms with Gasteiger partial charge in [-0.1, -0.05) is 6.07 Å². The lowest BCUT2D eigenvalue weighted by atomic mass is 10.2. The number of fused-ring (bicyclic) bond motifs is 1. The molecule has 1 aromatic heterocycles. The van der Waals surface area contributed by atoms with Gasteiger partial charge in [-0.05, 0) is 36.4 Å². The van der Waals surface area contributed by atoms with Crippen LogP contribution in [0.4, 0.5) is 15.8 Å². The van der Waals surface area contributed by atoms with Gasteiger partial charge >= 0.3 is 5.97 Å². The van der Waals surface area contributed by atoms with Crippen molar-refractivity contribution in [3.8, 4) is 5.88 Å².